The maximum absolute atomic E-state index is 9.09. The third-order valence-electron chi connectivity index (χ3n) is 3.72. The van der Waals surface area contributed by atoms with Gasteiger partial charge in [0.15, 0.2) is 0 Å². The quantitative estimate of drug-likeness (QED) is 0.701. The number of hydrogen-bond acceptors (Lipinski definition) is 7. The molecule has 2 heterocycles. The van der Waals surface area contributed by atoms with E-state index in [0.717, 1.165) is 25.1 Å². The molecule has 0 radical (unpaired) electrons. The molecular formula is C14H19N7. The average molecular weight is 285 g/mol. The number of nitriles is 2. The average Bonchev–Trinajstić information content (AvgIpc) is 2.87. The highest BCUT2D eigenvalue weighted by Gasteiger charge is 2.32. The summed E-state index contributed by atoms with van der Waals surface area (Å²) in [6.45, 7) is 0.846. The molecule has 3 unspecified atom stereocenters. The van der Waals surface area contributed by atoms with E-state index in [4.69, 9.17) is 16.3 Å². The molecular weight excluding hydrogens is 266 g/mol. The molecule has 0 bridgehead atoms. The molecule has 1 fully saturated rings. The summed E-state index contributed by atoms with van der Waals surface area (Å²) >= 11 is 0. The Hall–Kier alpha value is -2.19. The summed E-state index contributed by atoms with van der Waals surface area (Å²) in [7, 11) is 1.98. The summed E-state index contributed by atoms with van der Waals surface area (Å²) in [6.07, 6.45) is 3.19. The number of rotatable bonds is 5. The highest BCUT2D eigenvalue weighted by atomic mass is 15.4. The largest absolute Gasteiger partial charge is 0.373 e. The normalized spacial score (nSPS) is 24.3. The zero-order chi connectivity index (χ0) is 15.2. The lowest BCUT2D eigenvalue weighted by molar-refractivity contribution is 0.464. The van der Waals surface area contributed by atoms with Gasteiger partial charge in [-0.05, 0) is 25.0 Å². The fourth-order valence-electron chi connectivity index (χ4n) is 2.41. The van der Waals surface area contributed by atoms with Crippen LogP contribution in [0, 0.1) is 28.6 Å². The standard InChI is InChI=1S/C14H19N7/c1-21(11-5-4-10(7-15)18-9-11)6-2-3-13-12(8-16)14(17)20-19-13/h4-5,9,12-14,19-20H,2-3,6,17H2,1H3. The number of nitrogens with zero attached hydrogens (tertiary/aromatic N) is 4. The van der Waals surface area contributed by atoms with Crippen LogP contribution in [0.2, 0.25) is 0 Å². The number of pyridine rings is 1. The van der Waals surface area contributed by atoms with Crippen LogP contribution in [-0.4, -0.2) is 30.8 Å². The summed E-state index contributed by atoms with van der Waals surface area (Å²) < 4.78 is 0. The van der Waals surface area contributed by atoms with E-state index in [9.17, 15) is 0 Å². The molecule has 1 aromatic rings. The van der Waals surface area contributed by atoms with E-state index in [1.54, 1.807) is 12.3 Å². The zero-order valence-corrected chi connectivity index (χ0v) is 12.0. The van der Waals surface area contributed by atoms with Crippen LogP contribution in [0.5, 0.6) is 0 Å². The molecule has 1 saturated heterocycles. The Morgan fingerprint density at radius 1 is 1.38 bits per heavy atom. The molecule has 1 aliphatic heterocycles. The minimum atomic E-state index is -0.305. The van der Waals surface area contributed by atoms with Gasteiger partial charge in [0, 0.05) is 19.6 Å². The van der Waals surface area contributed by atoms with Gasteiger partial charge in [0.1, 0.15) is 11.8 Å². The number of nitrogens with one attached hydrogen (secondary N) is 2. The van der Waals surface area contributed by atoms with E-state index in [2.05, 4.69) is 26.8 Å². The van der Waals surface area contributed by atoms with Gasteiger partial charge in [0.05, 0.1) is 30.0 Å². The number of hydrazine groups is 1. The van der Waals surface area contributed by atoms with Crippen LogP contribution in [0.1, 0.15) is 18.5 Å². The predicted octanol–water partition coefficient (Wildman–Crippen LogP) is 0.0707. The summed E-state index contributed by atoms with van der Waals surface area (Å²) in [6, 6.07) is 7.92. The van der Waals surface area contributed by atoms with E-state index >= 15 is 0 Å². The lowest BCUT2D eigenvalue weighted by atomic mass is 9.97. The van der Waals surface area contributed by atoms with E-state index in [1.165, 1.54) is 0 Å². The van der Waals surface area contributed by atoms with Gasteiger partial charge in [0.25, 0.3) is 0 Å². The van der Waals surface area contributed by atoms with Crippen molar-refractivity contribution < 1.29 is 0 Å². The predicted molar refractivity (Wildman–Crippen MR) is 78.6 cm³/mol. The molecule has 2 rings (SSSR count). The molecule has 0 aliphatic carbocycles. The van der Waals surface area contributed by atoms with Crippen molar-refractivity contribution in [3.8, 4) is 12.1 Å². The lowest BCUT2D eigenvalue weighted by Gasteiger charge is -2.20. The summed E-state index contributed by atoms with van der Waals surface area (Å²) in [4.78, 5) is 6.14. The van der Waals surface area contributed by atoms with Gasteiger partial charge in [-0.2, -0.15) is 10.5 Å². The first-order valence-electron chi connectivity index (χ1n) is 6.89. The molecule has 0 aromatic carbocycles. The van der Waals surface area contributed by atoms with Crippen LogP contribution < -0.4 is 21.5 Å². The highest BCUT2D eigenvalue weighted by molar-refractivity contribution is 5.44. The fourth-order valence-corrected chi connectivity index (χ4v) is 2.41. The van der Waals surface area contributed by atoms with Crippen LogP contribution in [0.25, 0.3) is 0 Å². The molecule has 3 atom stereocenters. The third-order valence-corrected chi connectivity index (χ3v) is 3.72. The van der Waals surface area contributed by atoms with Gasteiger partial charge in [-0.15, -0.1) is 0 Å². The van der Waals surface area contributed by atoms with E-state index in [0.29, 0.717) is 5.69 Å². The molecule has 21 heavy (non-hydrogen) atoms. The Morgan fingerprint density at radius 2 is 2.19 bits per heavy atom. The molecule has 0 amide bonds. The van der Waals surface area contributed by atoms with Crippen molar-refractivity contribution in [2.45, 2.75) is 25.0 Å². The topological polar surface area (TPSA) is 114 Å². The van der Waals surface area contributed by atoms with Crippen molar-refractivity contribution in [3.05, 3.63) is 24.0 Å². The van der Waals surface area contributed by atoms with Gasteiger partial charge in [-0.25, -0.2) is 10.4 Å². The Kier molecular flexibility index (Phi) is 5.07. The smallest absolute Gasteiger partial charge is 0.140 e. The summed E-state index contributed by atoms with van der Waals surface area (Å²) in [5.74, 6) is -0.202. The Balaban J connectivity index is 1.80. The van der Waals surface area contributed by atoms with E-state index in [-0.39, 0.29) is 18.1 Å². The van der Waals surface area contributed by atoms with Crippen LogP contribution in [0.3, 0.4) is 0 Å². The maximum atomic E-state index is 9.09. The van der Waals surface area contributed by atoms with Gasteiger partial charge < -0.3 is 10.6 Å². The Labute approximate surface area is 124 Å². The minimum absolute atomic E-state index is 0.0810. The van der Waals surface area contributed by atoms with Crippen molar-refractivity contribution in [2.75, 3.05) is 18.5 Å². The second kappa shape index (κ2) is 7.00. The van der Waals surface area contributed by atoms with Gasteiger partial charge in [-0.1, -0.05) is 0 Å². The van der Waals surface area contributed by atoms with E-state index in [1.807, 2.05) is 19.2 Å². The van der Waals surface area contributed by atoms with Gasteiger partial charge in [0.2, 0.25) is 0 Å². The van der Waals surface area contributed by atoms with Crippen LogP contribution >= 0.6 is 0 Å². The molecule has 110 valence electrons. The van der Waals surface area contributed by atoms with Crippen molar-refractivity contribution in [1.29, 1.82) is 10.5 Å². The fraction of sp³-hybridized carbons (Fsp3) is 0.500. The van der Waals surface area contributed by atoms with Crippen molar-refractivity contribution in [3.63, 3.8) is 0 Å². The number of aromatic nitrogens is 1. The molecule has 7 heteroatoms. The Morgan fingerprint density at radius 3 is 2.81 bits per heavy atom. The van der Waals surface area contributed by atoms with Crippen molar-refractivity contribution in [2.24, 2.45) is 11.7 Å². The molecule has 1 aromatic heterocycles. The van der Waals surface area contributed by atoms with Crippen molar-refractivity contribution >= 4 is 5.69 Å². The minimum Gasteiger partial charge on any atom is -0.373 e. The SMILES string of the molecule is CN(CCCC1NNC(N)C1C#N)c1ccc(C#N)nc1. The van der Waals surface area contributed by atoms with Crippen LogP contribution in [0.4, 0.5) is 5.69 Å². The molecule has 0 saturated carbocycles. The lowest BCUT2D eigenvalue weighted by Crippen LogP contribution is -2.38. The number of hydrogen-bond donors (Lipinski definition) is 3. The molecule has 1 aliphatic rings. The van der Waals surface area contributed by atoms with Crippen LogP contribution in [-0.2, 0) is 0 Å². The number of nitrogens with two attached hydrogens (primary N) is 1. The Bertz CT molecular complexity index is 542. The zero-order valence-electron chi connectivity index (χ0n) is 12.0. The molecule has 7 nitrogen and oxygen atoms in total. The third kappa shape index (κ3) is 3.67. The van der Waals surface area contributed by atoms with E-state index < -0.39 is 0 Å². The van der Waals surface area contributed by atoms with Gasteiger partial charge in [-0.3, -0.25) is 5.43 Å². The number of anilines is 1. The first kappa shape index (κ1) is 15.2. The maximum Gasteiger partial charge on any atom is 0.140 e. The van der Waals surface area contributed by atoms with Crippen LogP contribution in [0.15, 0.2) is 18.3 Å². The second-order valence-corrected chi connectivity index (χ2v) is 5.15. The second-order valence-electron chi connectivity index (χ2n) is 5.15. The summed E-state index contributed by atoms with van der Waals surface area (Å²) in [5, 5.41) is 17.8. The highest BCUT2D eigenvalue weighted by Crippen LogP contribution is 2.17. The van der Waals surface area contributed by atoms with Gasteiger partial charge >= 0.3 is 0 Å². The first-order valence-corrected chi connectivity index (χ1v) is 6.89. The molecule has 0 spiro atoms. The van der Waals surface area contributed by atoms with Crippen molar-refractivity contribution in [1.82, 2.24) is 15.8 Å². The molecule has 4 N–H and O–H groups in total. The summed E-state index contributed by atoms with van der Waals surface area (Å²) in [5.41, 5.74) is 13.2. The monoisotopic (exact) mass is 285 g/mol. The first-order chi connectivity index (χ1) is 10.2.